The number of imide groups is 1. The number of hydrogen-bond acceptors (Lipinski definition) is 3. The van der Waals surface area contributed by atoms with Crippen molar-refractivity contribution in [2.75, 3.05) is 0 Å². The maximum atomic E-state index is 11.6. The minimum absolute atomic E-state index is 0.248. The van der Waals surface area contributed by atoms with Crippen molar-refractivity contribution in [1.82, 2.24) is 5.32 Å². The van der Waals surface area contributed by atoms with Gasteiger partial charge in [-0.3, -0.25) is 14.9 Å². The van der Waals surface area contributed by atoms with Gasteiger partial charge in [-0.05, 0) is 41.8 Å². The lowest BCUT2D eigenvalue weighted by Gasteiger charge is -2.08. The molecule has 0 aliphatic carbocycles. The van der Waals surface area contributed by atoms with Gasteiger partial charge < -0.3 is 14.7 Å². The SMILES string of the molecule is CCc1ccc2c(c1CC)C(=O)NC2=O.OP(O)(O)=S. The fraction of sp³-hybridized carbons (Fsp3) is 0.333. The van der Waals surface area contributed by atoms with Gasteiger partial charge in [0.05, 0.1) is 11.1 Å². The van der Waals surface area contributed by atoms with Crippen LogP contribution in [0.1, 0.15) is 45.7 Å². The van der Waals surface area contributed by atoms with E-state index in [1.165, 1.54) is 0 Å². The Morgan fingerprint density at radius 3 is 2.10 bits per heavy atom. The molecule has 1 aromatic carbocycles. The molecule has 110 valence electrons. The molecule has 20 heavy (non-hydrogen) atoms. The summed E-state index contributed by atoms with van der Waals surface area (Å²) in [6.45, 7) is 0.250. The predicted octanol–water partition coefficient (Wildman–Crippen LogP) is 0.883. The Balaban J connectivity index is 0.000000347. The largest absolute Gasteiger partial charge is 0.325 e. The molecular formula is C12H16NO5PS. The first-order chi connectivity index (χ1) is 9.19. The minimum atomic E-state index is -3.81. The van der Waals surface area contributed by atoms with E-state index in [4.69, 9.17) is 14.7 Å². The lowest BCUT2D eigenvalue weighted by Crippen LogP contribution is -2.20. The summed E-state index contributed by atoms with van der Waals surface area (Å²) in [6, 6.07) is 3.68. The second kappa shape index (κ2) is 6.56. The molecule has 0 saturated heterocycles. The quantitative estimate of drug-likeness (QED) is 0.476. The molecule has 2 amide bonds. The number of fused-ring (bicyclic) bond motifs is 1. The van der Waals surface area contributed by atoms with E-state index < -0.39 is 6.72 Å². The van der Waals surface area contributed by atoms with Crippen molar-refractivity contribution < 1.29 is 24.3 Å². The number of carbonyl (C=O) groups excluding carboxylic acids is 2. The van der Waals surface area contributed by atoms with E-state index in [0.717, 1.165) is 24.0 Å². The van der Waals surface area contributed by atoms with E-state index in [1.54, 1.807) is 6.07 Å². The van der Waals surface area contributed by atoms with Gasteiger partial charge in [-0.2, -0.15) is 0 Å². The molecule has 8 heteroatoms. The minimum Gasteiger partial charge on any atom is -0.325 e. The molecular weight excluding hydrogens is 301 g/mol. The first-order valence-corrected chi connectivity index (χ1v) is 8.63. The molecule has 1 aliphatic rings. The van der Waals surface area contributed by atoms with E-state index >= 15 is 0 Å². The number of rotatable bonds is 2. The van der Waals surface area contributed by atoms with Crippen LogP contribution in [0, 0.1) is 0 Å². The van der Waals surface area contributed by atoms with Crippen LogP contribution in [-0.4, -0.2) is 26.5 Å². The lowest BCUT2D eigenvalue weighted by atomic mass is 9.94. The molecule has 0 unspecified atom stereocenters. The summed E-state index contributed by atoms with van der Waals surface area (Å²) < 4.78 is 0. The highest BCUT2D eigenvalue weighted by atomic mass is 32.5. The van der Waals surface area contributed by atoms with Crippen molar-refractivity contribution in [3.63, 3.8) is 0 Å². The standard InChI is InChI=1S/C12H13NO2.H3O3PS/c1-3-7-5-6-9-10(8(7)4-2)12(15)13-11(9)14;1-4(2,3)5/h5-6H,3-4H2,1-2H3,(H,13,14,15);(H3,1,2,3,5). The Hall–Kier alpha value is -1.11. The zero-order chi connectivity index (χ0) is 15.5. The zero-order valence-electron chi connectivity index (χ0n) is 11.1. The number of benzene rings is 1. The van der Waals surface area contributed by atoms with Crippen LogP contribution in [0.5, 0.6) is 0 Å². The van der Waals surface area contributed by atoms with Crippen molar-refractivity contribution in [1.29, 1.82) is 0 Å². The summed E-state index contributed by atoms with van der Waals surface area (Å²) in [5.74, 6) is -0.519. The summed E-state index contributed by atoms with van der Waals surface area (Å²) in [5.41, 5.74) is 3.27. The van der Waals surface area contributed by atoms with Gasteiger partial charge in [0.15, 0.2) is 0 Å². The van der Waals surface area contributed by atoms with Crippen molar-refractivity contribution in [3.8, 4) is 0 Å². The fourth-order valence-electron chi connectivity index (χ4n) is 2.11. The molecule has 0 spiro atoms. The van der Waals surface area contributed by atoms with Crippen molar-refractivity contribution in [2.45, 2.75) is 26.7 Å². The maximum Gasteiger partial charge on any atom is 0.319 e. The van der Waals surface area contributed by atoms with Gasteiger partial charge >= 0.3 is 6.72 Å². The molecule has 0 saturated carbocycles. The number of nitrogens with one attached hydrogen (secondary N) is 1. The van der Waals surface area contributed by atoms with Gasteiger partial charge in [0, 0.05) is 0 Å². The van der Waals surface area contributed by atoms with E-state index in [9.17, 15) is 9.59 Å². The average Bonchev–Trinajstić information content (AvgIpc) is 2.62. The highest BCUT2D eigenvalue weighted by molar-refractivity contribution is 8.06. The molecule has 1 heterocycles. The van der Waals surface area contributed by atoms with Crippen LogP contribution in [-0.2, 0) is 24.6 Å². The van der Waals surface area contributed by atoms with E-state index in [0.29, 0.717) is 11.1 Å². The number of amides is 2. The summed E-state index contributed by atoms with van der Waals surface area (Å²) in [4.78, 5) is 45.7. The number of aryl methyl sites for hydroxylation is 1. The van der Waals surface area contributed by atoms with E-state index in [1.807, 2.05) is 13.0 Å². The molecule has 0 atom stereocenters. The van der Waals surface area contributed by atoms with Crippen molar-refractivity contribution in [2.24, 2.45) is 0 Å². The van der Waals surface area contributed by atoms with Gasteiger partial charge in [0.1, 0.15) is 0 Å². The molecule has 4 N–H and O–H groups in total. The maximum absolute atomic E-state index is 11.6. The predicted molar refractivity (Wildman–Crippen MR) is 77.9 cm³/mol. The van der Waals surface area contributed by atoms with Crippen LogP contribution in [0.4, 0.5) is 0 Å². The monoisotopic (exact) mass is 317 g/mol. The van der Waals surface area contributed by atoms with Crippen LogP contribution in [0.3, 0.4) is 0 Å². The number of hydrogen-bond donors (Lipinski definition) is 4. The summed E-state index contributed by atoms with van der Waals surface area (Å²) in [5, 5.41) is 2.33. The van der Waals surface area contributed by atoms with Crippen LogP contribution in [0.15, 0.2) is 12.1 Å². The molecule has 1 aromatic rings. The van der Waals surface area contributed by atoms with Gasteiger partial charge in [-0.15, -0.1) is 0 Å². The topological polar surface area (TPSA) is 107 Å². The average molecular weight is 317 g/mol. The lowest BCUT2D eigenvalue weighted by molar-refractivity contribution is 0.0879. The highest BCUT2D eigenvalue weighted by Crippen LogP contribution is 2.26. The zero-order valence-corrected chi connectivity index (χ0v) is 12.8. The van der Waals surface area contributed by atoms with Gasteiger partial charge in [0.2, 0.25) is 0 Å². The summed E-state index contributed by atoms with van der Waals surface area (Å²) in [7, 11) is 0. The third kappa shape index (κ3) is 4.19. The van der Waals surface area contributed by atoms with E-state index in [-0.39, 0.29) is 11.8 Å². The van der Waals surface area contributed by atoms with Gasteiger partial charge in [-0.1, -0.05) is 19.9 Å². The summed E-state index contributed by atoms with van der Waals surface area (Å²) in [6.07, 6.45) is 1.67. The Labute approximate surface area is 121 Å². The molecule has 6 nitrogen and oxygen atoms in total. The van der Waals surface area contributed by atoms with Crippen LogP contribution in [0.2, 0.25) is 0 Å². The normalized spacial score (nSPS) is 13.4. The Bertz CT molecular complexity index is 587. The van der Waals surface area contributed by atoms with Crippen molar-refractivity contribution >= 4 is 30.3 Å². The van der Waals surface area contributed by atoms with Crippen molar-refractivity contribution in [3.05, 3.63) is 34.4 Å². The molecule has 0 aromatic heterocycles. The second-order valence-corrected chi connectivity index (χ2v) is 6.63. The Morgan fingerprint density at radius 2 is 1.65 bits per heavy atom. The highest BCUT2D eigenvalue weighted by Gasteiger charge is 2.29. The molecule has 0 fully saturated rings. The Kier molecular flexibility index (Phi) is 5.56. The smallest absolute Gasteiger partial charge is 0.319 e. The van der Waals surface area contributed by atoms with Crippen LogP contribution < -0.4 is 5.32 Å². The second-order valence-electron chi connectivity index (χ2n) is 4.13. The third-order valence-corrected chi connectivity index (χ3v) is 2.84. The van der Waals surface area contributed by atoms with E-state index in [2.05, 4.69) is 24.0 Å². The third-order valence-electron chi connectivity index (χ3n) is 2.84. The summed E-state index contributed by atoms with van der Waals surface area (Å²) >= 11 is 3.60. The fourth-order valence-corrected chi connectivity index (χ4v) is 2.11. The molecule has 0 radical (unpaired) electrons. The van der Waals surface area contributed by atoms with Gasteiger partial charge in [0.25, 0.3) is 11.8 Å². The van der Waals surface area contributed by atoms with Crippen LogP contribution in [0.25, 0.3) is 0 Å². The molecule has 2 rings (SSSR count). The first kappa shape index (κ1) is 16.9. The molecule has 1 aliphatic heterocycles. The first-order valence-electron chi connectivity index (χ1n) is 5.97. The number of carbonyl (C=O) groups is 2. The van der Waals surface area contributed by atoms with Gasteiger partial charge in [-0.25, -0.2) is 0 Å². The Morgan fingerprint density at radius 1 is 1.10 bits per heavy atom. The molecule has 0 bridgehead atoms. The van der Waals surface area contributed by atoms with Crippen LogP contribution >= 0.6 is 6.72 Å².